The van der Waals surface area contributed by atoms with E-state index in [1.54, 1.807) is 0 Å². The lowest BCUT2D eigenvalue weighted by Gasteiger charge is -2.12. The Bertz CT molecular complexity index is 562. The van der Waals surface area contributed by atoms with E-state index in [1.165, 1.54) is 19.3 Å². The van der Waals surface area contributed by atoms with Gasteiger partial charge in [-0.05, 0) is 19.4 Å². The second kappa shape index (κ2) is 7.08. The Labute approximate surface area is 120 Å². The largest absolute Gasteiger partial charge is 0.348 e. The first kappa shape index (κ1) is 14.6. The summed E-state index contributed by atoms with van der Waals surface area (Å²) in [6.07, 6.45) is 5.93. The number of amides is 1. The van der Waals surface area contributed by atoms with Crippen molar-refractivity contribution in [2.24, 2.45) is 0 Å². The minimum absolute atomic E-state index is 0.0922. The normalized spacial score (nSPS) is 12.5. The molecule has 1 amide bonds. The minimum Gasteiger partial charge on any atom is -0.348 e. The van der Waals surface area contributed by atoms with Crippen LogP contribution in [0.2, 0.25) is 0 Å². The van der Waals surface area contributed by atoms with Crippen molar-refractivity contribution in [3.8, 4) is 0 Å². The van der Waals surface area contributed by atoms with Gasteiger partial charge in [0.2, 0.25) is 0 Å². The molecule has 2 aromatic rings. The van der Waals surface area contributed by atoms with Crippen LogP contribution in [-0.4, -0.2) is 22.1 Å². The van der Waals surface area contributed by atoms with Gasteiger partial charge in [0.15, 0.2) is 5.69 Å². The molecule has 0 spiro atoms. The van der Waals surface area contributed by atoms with Crippen molar-refractivity contribution < 1.29 is 4.79 Å². The van der Waals surface area contributed by atoms with Gasteiger partial charge >= 0.3 is 0 Å². The lowest BCUT2D eigenvalue weighted by Crippen LogP contribution is -2.32. The summed E-state index contributed by atoms with van der Waals surface area (Å²) in [4.78, 5) is 12.2. The van der Waals surface area contributed by atoms with Crippen LogP contribution < -0.4 is 5.32 Å². The Morgan fingerprint density at radius 1 is 1.30 bits per heavy atom. The summed E-state index contributed by atoms with van der Waals surface area (Å²) in [5.41, 5.74) is 1.38. The summed E-state index contributed by atoms with van der Waals surface area (Å²) in [5, 5.41) is 10.9. The van der Waals surface area contributed by atoms with E-state index in [9.17, 15) is 4.79 Å². The predicted octanol–water partition coefficient (Wildman–Crippen LogP) is 3.65. The minimum atomic E-state index is -0.0922. The molecular formula is C16H23N3O. The van der Waals surface area contributed by atoms with Gasteiger partial charge in [-0.15, -0.1) is 0 Å². The first-order chi connectivity index (χ1) is 9.72. The summed E-state index contributed by atoms with van der Waals surface area (Å²) >= 11 is 0. The van der Waals surface area contributed by atoms with Gasteiger partial charge in [0.1, 0.15) is 0 Å². The molecule has 1 unspecified atom stereocenters. The van der Waals surface area contributed by atoms with Crippen molar-refractivity contribution in [3.63, 3.8) is 0 Å². The van der Waals surface area contributed by atoms with Crippen molar-refractivity contribution in [2.75, 3.05) is 0 Å². The maximum Gasteiger partial charge on any atom is 0.272 e. The number of carbonyl (C=O) groups is 1. The van der Waals surface area contributed by atoms with Crippen LogP contribution >= 0.6 is 0 Å². The van der Waals surface area contributed by atoms with E-state index in [4.69, 9.17) is 0 Å². The van der Waals surface area contributed by atoms with Crippen LogP contribution in [0.3, 0.4) is 0 Å². The Morgan fingerprint density at radius 2 is 2.10 bits per heavy atom. The van der Waals surface area contributed by atoms with E-state index in [0.717, 1.165) is 23.7 Å². The Kier molecular flexibility index (Phi) is 5.16. The van der Waals surface area contributed by atoms with E-state index in [1.807, 2.05) is 24.3 Å². The van der Waals surface area contributed by atoms with Gasteiger partial charge in [-0.1, -0.05) is 50.8 Å². The number of nitrogens with one attached hydrogen (secondary N) is 2. The van der Waals surface area contributed by atoms with Crippen molar-refractivity contribution in [1.29, 1.82) is 0 Å². The molecule has 0 saturated heterocycles. The number of fused-ring (bicyclic) bond motifs is 1. The molecule has 2 N–H and O–H groups in total. The molecule has 108 valence electrons. The first-order valence-corrected chi connectivity index (χ1v) is 7.46. The zero-order chi connectivity index (χ0) is 14.4. The fourth-order valence-electron chi connectivity index (χ4n) is 2.38. The van der Waals surface area contributed by atoms with Crippen molar-refractivity contribution in [3.05, 3.63) is 30.0 Å². The maximum absolute atomic E-state index is 12.2. The second-order valence-corrected chi connectivity index (χ2v) is 5.34. The summed E-state index contributed by atoms with van der Waals surface area (Å²) in [6.45, 7) is 4.26. The summed E-state index contributed by atoms with van der Waals surface area (Å²) in [5.74, 6) is -0.0922. The molecular weight excluding hydrogens is 250 g/mol. The van der Waals surface area contributed by atoms with Gasteiger partial charge in [-0.2, -0.15) is 5.10 Å². The lowest BCUT2D eigenvalue weighted by molar-refractivity contribution is 0.0934. The highest BCUT2D eigenvalue weighted by molar-refractivity contribution is 6.04. The lowest BCUT2D eigenvalue weighted by atomic mass is 10.1. The van der Waals surface area contributed by atoms with E-state index in [-0.39, 0.29) is 11.9 Å². The first-order valence-electron chi connectivity index (χ1n) is 7.46. The summed E-state index contributed by atoms with van der Waals surface area (Å²) < 4.78 is 0. The molecule has 2 rings (SSSR count). The van der Waals surface area contributed by atoms with Gasteiger partial charge in [0, 0.05) is 11.4 Å². The molecule has 0 aliphatic heterocycles. The number of aromatic nitrogens is 2. The molecule has 0 radical (unpaired) electrons. The van der Waals surface area contributed by atoms with Crippen LogP contribution in [0, 0.1) is 0 Å². The molecule has 0 bridgehead atoms. The van der Waals surface area contributed by atoms with Crippen molar-refractivity contribution in [2.45, 2.75) is 52.0 Å². The third kappa shape index (κ3) is 3.59. The van der Waals surface area contributed by atoms with Crippen LogP contribution in [0.25, 0.3) is 10.9 Å². The van der Waals surface area contributed by atoms with E-state index < -0.39 is 0 Å². The Hall–Kier alpha value is -1.84. The van der Waals surface area contributed by atoms with Crippen LogP contribution in [0.5, 0.6) is 0 Å². The van der Waals surface area contributed by atoms with E-state index in [2.05, 4.69) is 29.4 Å². The average molecular weight is 273 g/mol. The quantitative estimate of drug-likeness (QED) is 0.756. The molecule has 0 aliphatic carbocycles. The molecule has 1 aromatic heterocycles. The van der Waals surface area contributed by atoms with Crippen LogP contribution in [0.4, 0.5) is 0 Å². The third-order valence-electron chi connectivity index (χ3n) is 3.55. The predicted molar refractivity (Wildman–Crippen MR) is 81.8 cm³/mol. The molecule has 1 heterocycles. The number of carbonyl (C=O) groups excluding carboxylic acids is 1. The summed E-state index contributed by atoms with van der Waals surface area (Å²) in [6, 6.07) is 7.88. The number of para-hydroxylation sites is 1. The number of H-pyrrole nitrogens is 1. The van der Waals surface area contributed by atoms with Crippen molar-refractivity contribution >= 4 is 16.8 Å². The fourth-order valence-corrected chi connectivity index (χ4v) is 2.38. The Balaban J connectivity index is 1.91. The SMILES string of the molecule is CCCCCCC(C)NC(=O)c1n[nH]c2ccccc12. The average Bonchev–Trinajstić information content (AvgIpc) is 2.87. The highest BCUT2D eigenvalue weighted by Crippen LogP contribution is 2.15. The smallest absolute Gasteiger partial charge is 0.272 e. The zero-order valence-corrected chi connectivity index (χ0v) is 12.3. The van der Waals surface area contributed by atoms with Crippen LogP contribution in [0.15, 0.2) is 24.3 Å². The number of nitrogens with zero attached hydrogens (tertiary/aromatic N) is 1. The standard InChI is InChI=1S/C16H23N3O/c1-3-4-5-6-9-12(2)17-16(20)15-13-10-7-8-11-14(13)18-19-15/h7-8,10-12H,3-6,9H2,1-2H3,(H,17,20)(H,18,19). The summed E-state index contributed by atoms with van der Waals surface area (Å²) in [7, 11) is 0. The van der Waals surface area contributed by atoms with Crippen molar-refractivity contribution in [1.82, 2.24) is 15.5 Å². The molecule has 4 nitrogen and oxygen atoms in total. The maximum atomic E-state index is 12.2. The fraction of sp³-hybridized carbons (Fsp3) is 0.500. The zero-order valence-electron chi connectivity index (χ0n) is 12.3. The van der Waals surface area contributed by atoms with Crippen LogP contribution in [-0.2, 0) is 0 Å². The number of unbranched alkanes of at least 4 members (excludes halogenated alkanes) is 3. The van der Waals surface area contributed by atoms with E-state index in [0.29, 0.717) is 5.69 Å². The third-order valence-corrected chi connectivity index (χ3v) is 3.55. The van der Waals surface area contributed by atoms with Gasteiger partial charge in [0.05, 0.1) is 5.52 Å². The molecule has 0 fully saturated rings. The highest BCUT2D eigenvalue weighted by Gasteiger charge is 2.15. The molecule has 20 heavy (non-hydrogen) atoms. The van der Waals surface area contributed by atoms with Gasteiger partial charge in [-0.25, -0.2) is 0 Å². The molecule has 0 saturated carbocycles. The van der Waals surface area contributed by atoms with Crippen LogP contribution in [0.1, 0.15) is 56.4 Å². The second-order valence-electron chi connectivity index (χ2n) is 5.34. The number of benzene rings is 1. The highest BCUT2D eigenvalue weighted by atomic mass is 16.2. The molecule has 0 aliphatic rings. The number of hydrogen-bond acceptors (Lipinski definition) is 2. The van der Waals surface area contributed by atoms with Gasteiger partial charge in [0.25, 0.3) is 5.91 Å². The van der Waals surface area contributed by atoms with Gasteiger partial charge < -0.3 is 5.32 Å². The van der Waals surface area contributed by atoms with Gasteiger partial charge in [-0.3, -0.25) is 9.89 Å². The molecule has 1 aromatic carbocycles. The Morgan fingerprint density at radius 3 is 2.90 bits per heavy atom. The number of hydrogen-bond donors (Lipinski definition) is 2. The number of rotatable bonds is 7. The molecule has 4 heteroatoms. The van der Waals surface area contributed by atoms with E-state index >= 15 is 0 Å². The monoisotopic (exact) mass is 273 g/mol. The number of aromatic amines is 1. The molecule has 1 atom stereocenters. The topological polar surface area (TPSA) is 57.8 Å².